The molecule has 0 saturated heterocycles. The quantitative estimate of drug-likeness (QED) is 0.634. The fraction of sp³-hybridized carbons (Fsp3) is 0.143. The van der Waals surface area contributed by atoms with Crippen molar-refractivity contribution in [2.45, 2.75) is 6.42 Å². The van der Waals surface area contributed by atoms with Crippen LogP contribution in [-0.4, -0.2) is 24.5 Å². The van der Waals surface area contributed by atoms with E-state index in [1.54, 1.807) is 31.5 Å². The van der Waals surface area contributed by atoms with Gasteiger partial charge in [-0.3, -0.25) is 9.78 Å². The van der Waals surface area contributed by atoms with Crippen LogP contribution in [0.25, 0.3) is 0 Å². The fourth-order valence-corrected chi connectivity index (χ4v) is 2.77. The van der Waals surface area contributed by atoms with Gasteiger partial charge in [-0.15, -0.1) is 0 Å². The standard InChI is InChI=1S/C21H20ClN3O2/c1-27-17-6-4-5-15(13-17)9-11-24-21(26)20-14-16(10-12-23-20)25-19-8-3-2-7-18(19)22/h2-8,10,12-14H,9,11H2,1H3,(H,23,25)(H,24,26). The van der Waals surface area contributed by atoms with Gasteiger partial charge in [-0.25, -0.2) is 0 Å². The summed E-state index contributed by atoms with van der Waals surface area (Å²) in [5, 5.41) is 6.70. The first-order chi connectivity index (χ1) is 13.2. The summed E-state index contributed by atoms with van der Waals surface area (Å²) in [6.07, 6.45) is 2.30. The maximum absolute atomic E-state index is 12.4. The minimum absolute atomic E-state index is 0.222. The van der Waals surface area contributed by atoms with Crippen LogP contribution in [0.2, 0.25) is 5.02 Å². The SMILES string of the molecule is COc1cccc(CCNC(=O)c2cc(Nc3ccccc3Cl)ccn2)c1. The Morgan fingerprint density at radius 3 is 2.78 bits per heavy atom. The summed E-state index contributed by atoms with van der Waals surface area (Å²) in [5.74, 6) is 0.583. The molecule has 0 aliphatic rings. The second-order valence-electron chi connectivity index (χ2n) is 5.89. The second kappa shape index (κ2) is 9.05. The maximum Gasteiger partial charge on any atom is 0.269 e. The summed E-state index contributed by atoms with van der Waals surface area (Å²) in [6.45, 7) is 0.510. The number of carbonyl (C=O) groups excluding carboxylic acids is 1. The number of halogens is 1. The van der Waals surface area contributed by atoms with Crippen molar-refractivity contribution in [1.82, 2.24) is 10.3 Å². The molecule has 1 aromatic heterocycles. The summed E-state index contributed by atoms with van der Waals surface area (Å²) >= 11 is 6.16. The largest absolute Gasteiger partial charge is 0.497 e. The number of nitrogens with one attached hydrogen (secondary N) is 2. The van der Waals surface area contributed by atoms with E-state index in [0.29, 0.717) is 23.7 Å². The lowest BCUT2D eigenvalue weighted by Crippen LogP contribution is -2.26. The smallest absolute Gasteiger partial charge is 0.269 e. The van der Waals surface area contributed by atoms with Gasteiger partial charge in [-0.05, 0) is 48.4 Å². The zero-order valence-corrected chi connectivity index (χ0v) is 15.7. The van der Waals surface area contributed by atoms with E-state index in [-0.39, 0.29) is 5.91 Å². The number of ether oxygens (including phenoxy) is 1. The molecule has 6 heteroatoms. The van der Waals surface area contributed by atoms with Gasteiger partial charge in [0.2, 0.25) is 0 Å². The van der Waals surface area contributed by atoms with Gasteiger partial charge < -0.3 is 15.4 Å². The molecule has 3 aromatic rings. The summed E-state index contributed by atoms with van der Waals surface area (Å²) < 4.78 is 5.21. The Morgan fingerprint density at radius 1 is 1.11 bits per heavy atom. The highest BCUT2D eigenvalue weighted by Crippen LogP contribution is 2.24. The van der Waals surface area contributed by atoms with Gasteiger partial charge in [0, 0.05) is 18.4 Å². The molecule has 1 heterocycles. The minimum Gasteiger partial charge on any atom is -0.497 e. The highest BCUT2D eigenvalue weighted by atomic mass is 35.5. The molecule has 2 aromatic carbocycles. The molecule has 0 unspecified atom stereocenters. The molecule has 3 rings (SSSR count). The molecule has 2 N–H and O–H groups in total. The molecule has 0 radical (unpaired) electrons. The third kappa shape index (κ3) is 5.21. The number of benzene rings is 2. The van der Waals surface area contributed by atoms with Crippen molar-refractivity contribution in [3.8, 4) is 5.75 Å². The third-order valence-corrected chi connectivity index (χ3v) is 4.31. The van der Waals surface area contributed by atoms with Crippen LogP contribution in [0.5, 0.6) is 5.75 Å². The zero-order chi connectivity index (χ0) is 19.1. The van der Waals surface area contributed by atoms with Crippen LogP contribution < -0.4 is 15.4 Å². The first kappa shape index (κ1) is 18.7. The summed E-state index contributed by atoms with van der Waals surface area (Å²) in [7, 11) is 1.64. The molecule has 0 fully saturated rings. The lowest BCUT2D eigenvalue weighted by molar-refractivity contribution is 0.0949. The average Bonchev–Trinajstić information content (AvgIpc) is 2.70. The molecule has 138 valence electrons. The molecule has 0 atom stereocenters. The second-order valence-corrected chi connectivity index (χ2v) is 6.30. The van der Waals surface area contributed by atoms with Crippen molar-refractivity contribution in [3.63, 3.8) is 0 Å². The molecule has 0 spiro atoms. The average molecular weight is 382 g/mol. The van der Waals surface area contributed by atoms with Crippen LogP contribution in [0.15, 0.2) is 66.9 Å². The Labute approximate surface area is 163 Å². The molecule has 27 heavy (non-hydrogen) atoms. The van der Waals surface area contributed by atoms with E-state index in [1.807, 2.05) is 42.5 Å². The lowest BCUT2D eigenvalue weighted by Gasteiger charge is -2.10. The van der Waals surface area contributed by atoms with E-state index in [4.69, 9.17) is 16.3 Å². The van der Waals surface area contributed by atoms with Gasteiger partial charge >= 0.3 is 0 Å². The van der Waals surface area contributed by atoms with Crippen molar-refractivity contribution in [1.29, 1.82) is 0 Å². The Kier molecular flexibility index (Phi) is 6.28. The predicted molar refractivity (Wildman–Crippen MR) is 108 cm³/mol. The monoisotopic (exact) mass is 381 g/mol. The molecule has 0 saturated carbocycles. The normalized spacial score (nSPS) is 10.3. The van der Waals surface area contributed by atoms with Crippen molar-refractivity contribution in [2.24, 2.45) is 0 Å². The first-order valence-electron chi connectivity index (χ1n) is 8.54. The van der Waals surface area contributed by atoms with Crippen molar-refractivity contribution < 1.29 is 9.53 Å². The first-order valence-corrected chi connectivity index (χ1v) is 8.92. The van der Waals surface area contributed by atoms with Crippen molar-refractivity contribution >= 4 is 28.9 Å². The number of hydrogen-bond donors (Lipinski definition) is 2. The number of rotatable bonds is 7. The van der Waals surface area contributed by atoms with E-state index in [0.717, 1.165) is 22.7 Å². The summed E-state index contributed by atoms with van der Waals surface area (Å²) in [6, 6.07) is 18.7. The molecule has 5 nitrogen and oxygen atoms in total. The summed E-state index contributed by atoms with van der Waals surface area (Å²) in [4.78, 5) is 16.5. The number of hydrogen-bond acceptors (Lipinski definition) is 4. The van der Waals surface area contributed by atoms with E-state index in [2.05, 4.69) is 15.6 Å². The molecule has 0 bridgehead atoms. The van der Waals surface area contributed by atoms with Crippen molar-refractivity contribution in [2.75, 3.05) is 19.0 Å². The number of pyridine rings is 1. The highest BCUT2D eigenvalue weighted by Gasteiger charge is 2.08. The Hall–Kier alpha value is -3.05. The number of carbonyl (C=O) groups is 1. The van der Waals surface area contributed by atoms with Crippen molar-refractivity contribution in [3.05, 3.63) is 83.1 Å². The van der Waals surface area contributed by atoms with Crippen LogP contribution in [0.4, 0.5) is 11.4 Å². The van der Waals surface area contributed by atoms with Gasteiger partial charge in [0.15, 0.2) is 0 Å². The van der Waals surface area contributed by atoms with Gasteiger partial charge in [0.1, 0.15) is 11.4 Å². The number of methoxy groups -OCH3 is 1. The van der Waals surface area contributed by atoms with Crippen LogP contribution in [-0.2, 0) is 6.42 Å². The number of para-hydroxylation sites is 1. The van der Waals surface area contributed by atoms with E-state index < -0.39 is 0 Å². The van der Waals surface area contributed by atoms with Gasteiger partial charge in [-0.2, -0.15) is 0 Å². The summed E-state index contributed by atoms with van der Waals surface area (Å²) in [5.41, 5.74) is 2.96. The Morgan fingerprint density at radius 2 is 1.96 bits per heavy atom. The predicted octanol–water partition coefficient (Wildman–Crippen LogP) is 4.46. The van der Waals surface area contributed by atoms with E-state index in [9.17, 15) is 4.79 Å². The molecule has 0 aliphatic carbocycles. The number of anilines is 2. The molecular weight excluding hydrogens is 362 g/mol. The number of amides is 1. The van der Waals surface area contributed by atoms with Gasteiger partial charge in [0.05, 0.1) is 17.8 Å². The Balaban J connectivity index is 1.59. The van der Waals surface area contributed by atoms with Crippen LogP contribution in [0.3, 0.4) is 0 Å². The minimum atomic E-state index is -0.222. The van der Waals surface area contributed by atoms with Crippen LogP contribution in [0, 0.1) is 0 Å². The van der Waals surface area contributed by atoms with Gasteiger partial charge in [-0.1, -0.05) is 35.9 Å². The highest BCUT2D eigenvalue weighted by molar-refractivity contribution is 6.33. The molecule has 0 aliphatic heterocycles. The molecule has 1 amide bonds. The van der Waals surface area contributed by atoms with E-state index >= 15 is 0 Å². The Bertz CT molecular complexity index is 931. The number of aromatic nitrogens is 1. The number of nitrogens with zero attached hydrogens (tertiary/aromatic N) is 1. The maximum atomic E-state index is 12.4. The zero-order valence-electron chi connectivity index (χ0n) is 14.9. The molecular formula is C21H20ClN3O2. The van der Waals surface area contributed by atoms with Crippen LogP contribution in [0.1, 0.15) is 16.1 Å². The lowest BCUT2D eigenvalue weighted by atomic mass is 10.1. The van der Waals surface area contributed by atoms with E-state index in [1.165, 1.54) is 0 Å². The third-order valence-electron chi connectivity index (χ3n) is 3.98. The fourth-order valence-electron chi connectivity index (χ4n) is 2.59. The topological polar surface area (TPSA) is 63.2 Å². The van der Waals surface area contributed by atoms with Gasteiger partial charge in [0.25, 0.3) is 5.91 Å². The van der Waals surface area contributed by atoms with Crippen LogP contribution >= 0.6 is 11.6 Å².